The van der Waals surface area contributed by atoms with Crippen molar-refractivity contribution in [2.24, 2.45) is 0 Å². The Morgan fingerprint density at radius 1 is 0.921 bits per heavy atom. The number of hydrogen-bond acceptors (Lipinski definition) is 5. The molecule has 1 aromatic heterocycles. The minimum Gasteiger partial charge on any atom is -0.490 e. The van der Waals surface area contributed by atoms with Crippen molar-refractivity contribution in [2.45, 2.75) is 37.5 Å². The zero-order valence-electron chi connectivity index (χ0n) is 21.7. The van der Waals surface area contributed by atoms with E-state index < -0.39 is 0 Å². The van der Waals surface area contributed by atoms with Crippen LogP contribution in [0, 0.1) is 0 Å². The second-order valence-electron chi connectivity index (χ2n) is 10.2. The van der Waals surface area contributed by atoms with Crippen molar-refractivity contribution in [3.8, 4) is 5.75 Å². The van der Waals surface area contributed by atoms with Gasteiger partial charge in [-0.3, -0.25) is 9.69 Å². The van der Waals surface area contributed by atoms with Gasteiger partial charge in [-0.05, 0) is 66.3 Å². The van der Waals surface area contributed by atoms with Gasteiger partial charge in [0.2, 0.25) is 0 Å². The van der Waals surface area contributed by atoms with Gasteiger partial charge in [0.15, 0.2) is 0 Å². The Hall–Kier alpha value is -1.96. The highest BCUT2D eigenvalue weighted by Gasteiger charge is 2.22. The van der Waals surface area contributed by atoms with Crippen LogP contribution in [-0.4, -0.2) is 65.9 Å². The van der Waals surface area contributed by atoms with Crippen LogP contribution >= 0.6 is 36.6 Å². The molecule has 3 aromatic rings. The van der Waals surface area contributed by atoms with Gasteiger partial charge in [-0.25, -0.2) is 0 Å². The molecule has 2 aromatic carbocycles. The highest BCUT2D eigenvalue weighted by atomic mass is 35.5. The van der Waals surface area contributed by atoms with Crippen LogP contribution in [0.25, 0.3) is 16.5 Å². The maximum atomic E-state index is 12.4. The lowest BCUT2D eigenvalue weighted by molar-refractivity contribution is 0.0939. The first kappa shape index (κ1) is 29.0. The van der Waals surface area contributed by atoms with Gasteiger partial charge in [-0.2, -0.15) is 11.8 Å². The molecule has 8 heteroatoms. The number of likely N-dealkylation sites (tertiary alicyclic amines) is 1. The molecular weight excluding hydrogens is 537 g/mol. The fraction of sp³-hybridized carbons (Fsp3) is 0.433. The third-order valence-corrected chi connectivity index (χ3v) is 8.94. The molecule has 1 saturated heterocycles. The highest BCUT2D eigenvalue weighted by molar-refractivity contribution is 7.98. The topological polar surface area (TPSA) is 48.6 Å². The fourth-order valence-corrected chi connectivity index (χ4v) is 6.80. The van der Waals surface area contributed by atoms with Crippen LogP contribution in [0.3, 0.4) is 0 Å². The molecule has 4 heterocycles. The summed E-state index contributed by atoms with van der Waals surface area (Å²) in [5.74, 6) is 2.83. The van der Waals surface area contributed by atoms with E-state index in [0.29, 0.717) is 0 Å². The van der Waals surface area contributed by atoms with E-state index >= 15 is 0 Å². The third kappa shape index (κ3) is 6.60. The van der Waals surface area contributed by atoms with Crippen LogP contribution < -0.4 is 10.3 Å². The van der Waals surface area contributed by atoms with Gasteiger partial charge in [-0.1, -0.05) is 36.4 Å². The lowest BCUT2D eigenvalue weighted by Gasteiger charge is -2.34. The smallest absolute Gasteiger partial charge is 0.252 e. The molecule has 0 bridgehead atoms. The van der Waals surface area contributed by atoms with Gasteiger partial charge >= 0.3 is 0 Å². The Labute approximate surface area is 241 Å². The van der Waals surface area contributed by atoms with Crippen LogP contribution in [0.2, 0.25) is 0 Å². The van der Waals surface area contributed by atoms with E-state index in [2.05, 4.69) is 57.3 Å². The maximum absolute atomic E-state index is 12.4. The lowest BCUT2D eigenvalue weighted by Crippen LogP contribution is -2.43. The summed E-state index contributed by atoms with van der Waals surface area (Å²) in [5.41, 5.74) is 6.03. The normalized spacial score (nSPS) is 18.7. The fourth-order valence-electron chi connectivity index (χ4n) is 5.79. The quantitative estimate of drug-likeness (QED) is 0.404. The van der Waals surface area contributed by atoms with Crippen LogP contribution in [0.4, 0.5) is 0 Å². The summed E-state index contributed by atoms with van der Waals surface area (Å²) in [5, 5.41) is 1.16. The first-order chi connectivity index (χ1) is 17.7. The molecule has 5 nitrogen and oxygen atoms in total. The van der Waals surface area contributed by atoms with Gasteiger partial charge in [0.25, 0.3) is 5.56 Å². The number of piperidine rings is 1. The van der Waals surface area contributed by atoms with E-state index in [1.54, 1.807) is 0 Å². The first-order valence-corrected chi connectivity index (χ1v) is 14.5. The zero-order chi connectivity index (χ0) is 24.3. The van der Waals surface area contributed by atoms with Crippen molar-refractivity contribution in [1.82, 2.24) is 14.8 Å². The number of fused-ring (bicyclic) bond motifs is 3. The number of pyridine rings is 1. The molecule has 0 saturated carbocycles. The molecule has 1 fully saturated rings. The summed E-state index contributed by atoms with van der Waals surface area (Å²) >= 11 is 1.84. The van der Waals surface area contributed by atoms with E-state index in [4.69, 9.17) is 4.74 Å². The summed E-state index contributed by atoms with van der Waals surface area (Å²) in [7, 11) is 0. The number of thioether (sulfide) groups is 1. The van der Waals surface area contributed by atoms with Gasteiger partial charge in [0.05, 0.1) is 0 Å². The number of halogens is 2. The number of aromatic amines is 1. The number of benzene rings is 2. The summed E-state index contributed by atoms with van der Waals surface area (Å²) in [4.78, 5) is 20.7. The largest absolute Gasteiger partial charge is 0.490 e. The molecule has 3 aliphatic heterocycles. The number of nitrogens with one attached hydrogen (secondary N) is 1. The number of hydrogen-bond donors (Lipinski definition) is 1. The number of rotatable bonds is 6. The Morgan fingerprint density at radius 3 is 2.47 bits per heavy atom. The van der Waals surface area contributed by atoms with Crippen molar-refractivity contribution in [1.29, 1.82) is 0 Å². The van der Waals surface area contributed by atoms with Crippen molar-refractivity contribution < 1.29 is 4.74 Å². The Kier molecular flexibility index (Phi) is 10.2. The molecule has 0 aliphatic carbocycles. The van der Waals surface area contributed by atoms with E-state index in [1.807, 2.05) is 23.9 Å². The molecule has 6 rings (SSSR count). The number of nitrogens with zero attached hydrogens (tertiary/aromatic N) is 2. The number of aromatic nitrogens is 1. The summed E-state index contributed by atoms with van der Waals surface area (Å²) in [6, 6.07) is 17.0. The van der Waals surface area contributed by atoms with E-state index in [-0.39, 0.29) is 36.5 Å². The van der Waals surface area contributed by atoms with E-state index in [0.717, 1.165) is 98.7 Å². The van der Waals surface area contributed by atoms with Crippen molar-refractivity contribution in [2.75, 3.05) is 45.0 Å². The average Bonchev–Trinajstić information content (AvgIpc) is 2.94. The zero-order valence-corrected chi connectivity index (χ0v) is 24.1. The molecule has 38 heavy (non-hydrogen) atoms. The lowest BCUT2D eigenvalue weighted by atomic mass is 9.99. The summed E-state index contributed by atoms with van der Waals surface area (Å²) < 4.78 is 6.44. The minimum absolute atomic E-state index is 0. The predicted molar refractivity (Wildman–Crippen MR) is 164 cm³/mol. The molecule has 0 radical (unpaired) electrons. The Morgan fingerprint density at radius 2 is 1.71 bits per heavy atom. The number of H-pyrrole nitrogens is 1. The molecule has 0 unspecified atom stereocenters. The third-order valence-electron chi connectivity index (χ3n) is 7.95. The molecule has 1 N–H and O–H groups in total. The predicted octanol–water partition coefficient (Wildman–Crippen LogP) is 5.79. The SMILES string of the molecule is Cl.Cl.O=c1[nH]c2ccc(OC3CCN(CCN4CC=C(c5ccccc5)CC4)CC3)cc2c2c1CSCC2. The van der Waals surface area contributed by atoms with Gasteiger partial charge < -0.3 is 14.6 Å². The molecule has 0 amide bonds. The monoisotopic (exact) mass is 573 g/mol. The van der Waals surface area contributed by atoms with Crippen molar-refractivity contribution in [3.63, 3.8) is 0 Å². The summed E-state index contributed by atoms with van der Waals surface area (Å²) in [6.07, 6.45) is 6.91. The maximum Gasteiger partial charge on any atom is 0.252 e. The number of aryl methyl sites for hydroxylation is 1. The summed E-state index contributed by atoms with van der Waals surface area (Å²) in [6.45, 7) is 6.66. The standard InChI is InChI=1S/C30H35N3O2S.2ClH/c34-30-28-21-36-19-12-26(28)27-20-25(6-7-29(27)31-30)35-24-10-15-33(16-11-24)18-17-32-13-8-23(9-14-32)22-4-2-1-3-5-22;;/h1-8,20,24H,9-19,21H2,(H,31,34);2*1H. The average molecular weight is 575 g/mol. The van der Waals surface area contributed by atoms with Crippen molar-refractivity contribution in [3.05, 3.63) is 81.7 Å². The Bertz CT molecular complexity index is 1310. The highest BCUT2D eigenvalue weighted by Crippen LogP contribution is 2.31. The van der Waals surface area contributed by atoms with Crippen LogP contribution in [0.15, 0.2) is 59.4 Å². The van der Waals surface area contributed by atoms with Gasteiger partial charge in [0.1, 0.15) is 11.9 Å². The van der Waals surface area contributed by atoms with Crippen LogP contribution in [0.5, 0.6) is 5.75 Å². The van der Waals surface area contributed by atoms with Crippen molar-refractivity contribution >= 4 is 53.1 Å². The molecule has 204 valence electrons. The Balaban J connectivity index is 0.00000168. The van der Waals surface area contributed by atoms with E-state index in [1.165, 1.54) is 16.7 Å². The molecule has 0 spiro atoms. The first-order valence-electron chi connectivity index (χ1n) is 13.3. The van der Waals surface area contributed by atoms with Gasteiger partial charge in [0, 0.05) is 61.5 Å². The second-order valence-corrected chi connectivity index (χ2v) is 11.3. The second kappa shape index (κ2) is 13.4. The minimum atomic E-state index is 0. The number of ether oxygens (including phenoxy) is 1. The van der Waals surface area contributed by atoms with Crippen LogP contribution in [-0.2, 0) is 12.2 Å². The van der Waals surface area contributed by atoms with E-state index in [9.17, 15) is 4.79 Å². The molecule has 0 atom stereocenters. The van der Waals surface area contributed by atoms with Gasteiger partial charge in [-0.15, -0.1) is 24.8 Å². The van der Waals surface area contributed by atoms with Crippen LogP contribution in [0.1, 0.15) is 36.0 Å². The molecular formula is C30H37Cl2N3O2S. The molecule has 3 aliphatic rings.